The summed E-state index contributed by atoms with van der Waals surface area (Å²) in [5, 5.41) is 9.16. The summed E-state index contributed by atoms with van der Waals surface area (Å²) in [5.74, 6) is 4.43. The zero-order chi connectivity index (χ0) is 15.2. The molecule has 1 fully saturated rings. The van der Waals surface area contributed by atoms with Crippen LogP contribution in [0.25, 0.3) is 0 Å². The lowest BCUT2D eigenvalue weighted by molar-refractivity contribution is -0.147. The van der Waals surface area contributed by atoms with Gasteiger partial charge >= 0.3 is 11.9 Å². The number of amides is 1. The first-order valence-electron chi connectivity index (χ1n) is 6.87. The minimum Gasteiger partial charge on any atom is -0.480 e. The number of thioether (sulfide) groups is 1. The molecular formula is C16H17NO3S. The van der Waals surface area contributed by atoms with Gasteiger partial charge in [-0.05, 0) is 18.6 Å². The molecule has 1 amide bonds. The van der Waals surface area contributed by atoms with Crippen LogP contribution in [0.5, 0.6) is 0 Å². The van der Waals surface area contributed by atoms with Gasteiger partial charge in [0.15, 0.2) is 0 Å². The first-order valence-corrected chi connectivity index (χ1v) is 7.92. The van der Waals surface area contributed by atoms with Crippen LogP contribution in [0.2, 0.25) is 0 Å². The molecule has 0 aliphatic carbocycles. The molecule has 0 spiro atoms. The fourth-order valence-corrected chi connectivity index (χ4v) is 3.72. The second-order valence-corrected chi connectivity index (χ2v) is 5.97. The van der Waals surface area contributed by atoms with Crippen LogP contribution in [0.3, 0.4) is 0 Å². The van der Waals surface area contributed by atoms with E-state index in [1.165, 1.54) is 16.7 Å². The van der Waals surface area contributed by atoms with Crippen LogP contribution in [-0.2, 0) is 9.59 Å². The molecule has 4 nitrogen and oxygen atoms in total. The number of carboxylic acids is 1. The molecule has 2 unspecified atom stereocenters. The van der Waals surface area contributed by atoms with Crippen LogP contribution in [0.15, 0.2) is 30.3 Å². The summed E-state index contributed by atoms with van der Waals surface area (Å²) in [6.07, 6.45) is 1.69. The Bertz CT molecular complexity index is 576. The van der Waals surface area contributed by atoms with Gasteiger partial charge in [0, 0.05) is 17.2 Å². The van der Waals surface area contributed by atoms with Gasteiger partial charge in [-0.1, -0.05) is 37.5 Å². The average molecular weight is 303 g/mol. The van der Waals surface area contributed by atoms with Crippen molar-refractivity contribution in [2.45, 2.75) is 31.2 Å². The number of carbonyl (C=O) groups is 2. The summed E-state index contributed by atoms with van der Waals surface area (Å²) in [6.45, 7) is 2.02. The summed E-state index contributed by atoms with van der Waals surface area (Å²) >= 11 is 1.52. The molecule has 1 heterocycles. The smallest absolute Gasteiger partial charge is 0.327 e. The second-order valence-electron chi connectivity index (χ2n) is 4.76. The molecule has 0 radical (unpaired) electrons. The molecule has 1 saturated heterocycles. The van der Waals surface area contributed by atoms with E-state index in [0.717, 1.165) is 18.4 Å². The predicted molar refractivity (Wildman–Crippen MR) is 82.7 cm³/mol. The number of nitrogens with zero attached hydrogens (tertiary/aromatic N) is 1. The minimum absolute atomic E-state index is 0.0892. The average Bonchev–Trinajstić information content (AvgIpc) is 2.90. The molecule has 5 heteroatoms. The Hall–Kier alpha value is -1.93. The standard InChI is InChI=1S/C16H17NO3S/c1-2-6-15-17(13(11-21-15)16(19)20)14(18)10-9-12-7-4-3-5-8-12/h3-5,7-8,13,15H,2,6,11H2,1H3,(H,19,20). The molecule has 1 aromatic carbocycles. The zero-order valence-corrected chi connectivity index (χ0v) is 12.6. The predicted octanol–water partition coefficient (Wildman–Crippen LogP) is 2.19. The van der Waals surface area contributed by atoms with E-state index in [0.29, 0.717) is 5.75 Å². The minimum atomic E-state index is -0.962. The highest BCUT2D eigenvalue weighted by atomic mass is 32.2. The number of carboxylic acid groups (broad SMARTS) is 1. The molecule has 1 N–H and O–H groups in total. The van der Waals surface area contributed by atoms with Crippen LogP contribution in [-0.4, -0.2) is 39.1 Å². The number of benzene rings is 1. The van der Waals surface area contributed by atoms with Crippen molar-refractivity contribution in [2.24, 2.45) is 0 Å². The Morgan fingerprint density at radius 2 is 2.10 bits per heavy atom. The van der Waals surface area contributed by atoms with Crippen molar-refractivity contribution >= 4 is 23.6 Å². The quantitative estimate of drug-likeness (QED) is 0.870. The summed E-state index contributed by atoms with van der Waals surface area (Å²) < 4.78 is 0. The van der Waals surface area contributed by atoms with Crippen molar-refractivity contribution in [2.75, 3.05) is 5.75 Å². The topological polar surface area (TPSA) is 57.6 Å². The molecule has 110 valence electrons. The Balaban J connectivity index is 2.17. The van der Waals surface area contributed by atoms with Crippen LogP contribution >= 0.6 is 11.8 Å². The van der Waals surface area contributed by atoms with Gasteiger partial charge in [0.05, 0.1) is 5.37 Å². The summed E-state index contributed by atoms with van der Waals surface area (Å²) in [5.41, 5.74) is 0.747. The van der Waals surface area contributed by atoms with Gasteiger partial charge in [0.1, 0.15) is 6.04 Å². The lowest BCUT2D eigenvalue weighted by Gasteiger charge is -2.24. The van der Waals surface area contributed by atoms with Gasteiger partial charge in [-0.2, -0.15) is 0 Å². The molecule has 1 aromatic rings. The Morgan fingerprint density at radius 1 is 1.38 bits per heavy atom. The van der Waals surface area contributed by atoms with E-state index < -0.39 is 17.9 Å². The molecule has 2 atom stereocenters. The highest BCUT2D eigenvalue weighted by Crippen LogP contribution is 2.32. The van der Waals surface area contributed by atoms with E-state index in [-0.39, 0.29) is 5.37 Å². The van der Waals surface area contributed by atoms with Crippen LogP contribution in [0.4, 0.5) is 0 Å². The molecule has 0 saturated carbocycles. The SMILES string of the molecule is CCCC1SCC(C(=O)O)N1C(=O)C#Cc1ccccc1. The van der Waals surface area contributed by atoms with E-state index in [9.17, 15) is 14.7 Å². The van der Waals surface area contributed by atoms with E-state index in [1.54, 1.807) is 0 Å². The number of hydrogen-bond donors (Lipinski definition) is 1. The monoisotopic (exact) mass is 303 g/mol. The summed E-state index contributed by atoms with van der Waals surface area (Å²) in [4.78, 5) is 25.0. The van der Waals surface area contributed by atoms with Crippen LogP contribution in [0, 0.1) is 11.8 Å². The van der Waals surface area contributed by atoms with Gasteiger partial charge in [0.25, 0.3) is 0 Å². The maximum atomic E-state index is 12.3. The number of carbonyl (C=O) groups excluding carboxylic acids is 1. The third-order valence-electron chi connectivity index (χ3n) is 3.24. The van der Waals surface area contributed by atoms with E-state index >= 15 is 0 Å². The number of aliphatic carboxylic acids is 1. The molecule has 2 rings (SSSR count). The fraction of sp³-hybridized carbons (Fsp3) is 0.375. The van der Waals surface area contributed by atoms with E-state index in [1.807, 2.05) is 37.3 Å². The van der Waals surface area contributed by atoms with Crippen LogP contribution in [0.1, 0.15) is 25.3 Å². The molecule has 21 heavy (non-hydrogen) atoms. The van der Waals surface area contributed by atoms with Gasteiger partial charge in [0.2, 0.25) is 0 Å². The highest BCUT2D eigenvalue weighted by Gasteiger charge is 2.40. The van der Waals surface area contributed by atoms with Crippen molar-refractivity contribution in [1.82, 2.24) is 4.90 Å². The molecule has 1 aliphatic rings. The first kappa shape index (κ1) is 15.5. The lowest BCUT2D eigenvalue weighted by Crippen LogP contribution is -2.45. The normalized spacial score (nSPS) is 20.7. The fourth-order valence-electron chi connectivity index (χ4n) is 2.21. The van der Waals surface area contributed by atoms with Gasteiger partial charge in [-0.3, -0.25) is 4.79 Å². The summed E-state index contributed by atoms with van der Waals surface area (Å²) in [7, 11) is 0. The van der Waals surface area contributed by atoms with Crippen molar-refractivity contribution in [3.05, 3.63) is 35.9 Å². The maximum Gasteiger partial charge on any atom is 0.327 e. The lowest BCUT2D eigenvalue weighted by atomic mass is 10.2. The molecule has 0 aromatic heterocycles. The largest absolute Gasteiger partial charge is 0.480 e. The Kier molecular flexibility index (Phi) is 5.29. The van der Waals surface area contributed by atoms with Gasteiger partial charge < -0.3 is 10.0 Å². The van der Waals surface area contributed by atoms with Crippen molar-refractivity contribution in [3.63, 3.8) is 0 Å². The zero-order valence-electron chi connectivity index (χ0n) is 11.8. The molecule has 1 aliphatic heterocycles. The Morgan fingerprint density at radius 3 is 2.71 bits per heavy atom. The van der Waals surface area contributed by atoms with E-state index in [2.05, 4.69) is 11.8 Å². The number of hydrogen-bond acceptors (Lipinski definition) is 3. The van der Waals surface area contributed by atoms with Crippen molar-refractivity contribution < 1.29 is 14.7 Å². The van der Waals surface area contributed by atoms with E-state index in [4.69, 9.17) is 0 Å². The van der Waals surface area contributed by atoms with Crippen LogP contribution < -0.4 is 0 Å². The Labute approximate surface area is 128 Å². The maximum absolute atomic E-state index is 12.3. The molecule has 0 bridgehead atoms. The first-order chi connectivity index (χ1) is 10.1. The summed E-state index contributed by atoms with van der Waals surface area (Å²) in [6, 6.07) is 8.43. The van der Waals surface area contributed by atoms with Gasteiger partial charge in [-0.15, -0.1) is 11.8 Å². The number of rotatable bonds is 3. The van der Waals surface area contributed by atoms with Crippen molar-refractivity contribution in [1.29, 1.82) is 0 Å². The van der Waals surface area contributed by atoms with Crippen molar-refractivity contribution in [3.8, 4) is 11.8 Å². The third kappa shape index (κ3) is 3.79. The third-order valence-corrected chi connectivity index (χ3v) is 4.59. The molecular weight excluding hydrogens is 286 g/mol. The van der Waals surface area contributed by atoms with Gasteiger partial charge in [-0.25, -0.2) is 4.79 Å². The second kappa shape index (κ2) is 7.19. The highest BCUT2D eigenvalue weighted by molar-refractivity contribution is 8.00.